The van der Waals surface area contributed by atoms with E-state index in [0.717, 1.165) is 46.2 Å². The number of nitrogens with zero attached hydrogens (tertiary/aromatic N) is 2. The third kappa shape index (κ3) is 7.69. The Morgan fingerprint density at radius 1 is 0.857 bits per heavy atom. The molecule has 7 heteroatoms. The number of hydrogen-bond donors (Lipinski definition) is 1. The fourth-order valence-electron chi connectivity index (χ4n) is 4.95. The van der Waals surface area contributed by atoms with Crippen LogP contribution in [0.15, 0.2) is 97.3 Å². The van der Waals surface area contributed by atoms with E-state index in [2.05, 4.69) is 10.3 Å². The van der Waals surface area contributed by atoms with Gasteiger partial charge in [0.1, 0.15) is 0 Å². The van der Waals surface area contributed by atoms with Crippen LogP contribution in [0.5, 0.6) is 0 Å². The number of amides is 2. The summed E-state index contributed by atoms with van der Waals surface area (Å²) >= 11 is 0. The van der Waals surface area contributed by atoms with Crippen molar-refractivity contribution in [1.82, 2.24) is 15.2 Å². The summed E-state index contributed by atoms with van der Waals surface area (Å²) in [6.45, 7) is 3.32. The Kier molecular flexibility index (Phi) is 9.39. The predicted octanol–water partition coefficient (Wildman–Crippen LogP) is 5.72. The van der Waals surface area contributed by atoms with Crippen LogP contribution in [0.3, 0.4) is 0 Å². The van der Waals surface area contributed by atoms with Gasteiger partial charge in [-0.3, -0.25) is 19.4 Å². The second-order valence-corrected chi connectivity index (χ2v) is 10.6. The summed E-state index contributed by atoms with van der Waals surface area (Å²) in [5.41, 5.74) is 5.80. The zero-order chi connectivity index (χ0) is 29.3. The molecule has 0 radical (unpaired) electrons. The average molecular weight is 562 g/mol. The van der Waals surface area contributed by atoms with Gasteiger partial charge in [-0.15, -0.1) is 0 Å². The molecule has 1 fully saturated rings. The van der Waals surface area contributed by atoms with Gasteiger partial charge in [-0.05, 0) is 65.8 Å². The molecular formula is C35H35N3O4. The number of benzene rings is 3. The van der Waals surface area contributed by atoms with Crippen molar-refractivity contribution in [2.24, 2.45) is 5.92 Å². The summed E-state index contributed by atoms with van der Waals surface area (Å²) < 4.78 is 5.12. The highest BCUT2D eigenvalue weighted by atomic mass is 16.5. The van der Waals surface area contributed by atoms with Gasteiger partial charge in [0.2, 0.25) is 5.91 Å². The molecule has 3 aromatic carbocycles. The van der Waals surface area contributed by atoms with Crippen molar-refractivity contribution in [3.8, 4) is 11.1 Å². The molecule has 0 saturated heterocycles. The topological polar surface area (TPSA) is 88.6 Å². The highest BCUT2D eigenvalue weighted by Gasteiger charge is 2.33. The third-order valence-corrected chi connectivity index (χ3v) is 7.24. The van der Waals surface area contributed by atoms with E-state index in [9.17, 15) is 14.4 Å². The zero-order valence-corrected chi connectivity index (χ0v) is 23.8. The van der Waals surface area contributed by atoms with E-state index in [1.165, 1.54) is 0 Å². The van der Waals surface area contributed by atoms with Crippen LogP contribution >= 0.6 is 0 Å². The average Bonchev–Trinajstić information content (AvgIpc) is 3.86. The zero-order valence-electron chi connectivity index (χ0n) is 23.8. The Morgan fingerprint density at radius 3 is 2.26 bits per heavy atom. The lowest BCUT2D eigenvalue weighted by Gasteiger charge is -2.25. The fourth-order valence-corrected chi connectivity index (χ4v) is 4.95. The molecule has 0 unspecified atom stereocenters. The Hall–Kier alpha value is -4.78. The lowest BCUT2D eigenvalue weighted by atomic mass is 9.96. The van der Waals surface area contributed by atoms with Crippen molar-refractivity contribution in [1.29, 1.82) is 0 Å². The largest absolute Gasteiger partial charge is 0.466 e. The minimum Gasteiger partial charge on any atom is -0.466 e. The fraction of sp³-hybridized carbons (Fsp3) is 0.257. The Morgan fingerprint density at radius 2 is 1.57 bits per heavy atom. The molecule has 42 heavy (non-hydrogen) atoms. The molecule has 0 aliphatic heterocycles. The number of rotatable bonds is 12. The molecule has 1 aliphatic rings. The summed E-state index contributed by atoms with van der Waals surface area (Å²) in [4.78, 5) is 45.1. The third-order valence-electron chi connectivity index (χ3n) is 7.24. The number of esters is 1. The molecule has 4 aromatic rings. The second-order valence-electron chi connectivity index (χ2n) is 10.6. The SMILES string of the molecule is CCOC(=O)Cc1cncc(-c2ccc(C(=O)NCc3ccccc3)cc2CN(Cc2ccccc2)C(=O)C2CC2)c1. The Bertz CT molecular complexity index is 1530. The Balaban J connectivity index is 1.47. The van der Waals surface area contributed by atoms with Crippen LogP contribution in [0, 0.1) is 5.92 Å². The van der Waals surface area contributed by atoms with E-state index >= 15 is 0 Å². The van der Waals surface area contributed by atoms with Gasteiger partial charge in [0, 0.05) is 49.1 Å². The molecule has 1 N–H and O–H groups in total. The minimum absolute atomic E-state index is 0.0455. The Labute approximate surface area is 246 Å². The molecule has 1 saturated carbocycles. The van der Waals surface area contributed by atoms with Gasteiger partial charge in [-0.25, -0.2) is 0 Å². The van der Waals surface area contributed by atoms with Crippen molar-refractivity contribution >= 4 is 17.8 Å². The van der Waals surface area contributed by atoms with Crippen LogP contribution in [0.2, 0.25) is 0 Å². The molecule has 1 aliphatic carbocycles. The standard InChI is InChI=1S/C35H35N3O4/c1-2-42-33(39)18-27-17-30(22-36-20-27)32-16-15-29(34(40)37-21-25-9-5-3-6-10-25)19-31(32)24-38(35(41)28-13-14-28)23-26-11-7-4-8-12-26/h3-12,15-17,19-20,22,28H,2,13-14,18,21,23-24H2,1H3,(H,37,40). The molecule has 214 valence electrons. The molecule has 1 heterocycles. The molecule has 0 bridgehead atoms. The van der Waals surface area contributed by atoms with Gasteiger partial charge in [-0.2, -0.15) is 0 Å². The minimum atomic E-state index is -0.314. The quantitative estimate of drug-likeness (QED) is 0.224. The van der Waals surface area contributed by atoms with E-state index < -0.39 is 0 Å². The van der Waals surface area contributed by atoms with Gasteiger partial charge < -0.3 is 15.0 Å². The summed E-state index contributed by atoms with van der Waals surface area (Å²) in [5.74, 6) is -0.336. The molecule has 0 atom stereocenters. The monoisotopic (exact) mass is 561 g/mol. The summed E-state index contributed by atoms with van der Waals surface area (Å²) in [7, 11) is 0. The molecule has 1 aromatic heterocycles. The normalized spacial score (nSPS) is 12.4. The van der Waals surface area contributed by atoms with E-state index in [1.807, 2.05) is 83.8 Å². The van der Waals surface area contributed by atoms with Crippen molar-refractivity contribution in [2.75, 3.05) is 6.61 Å². The number of pyridine rings is 1. The first kappa shape index (κ1) is 28.7. The molecule has 7 nitrogen and oxygen atoms in total. The number of ether oxygens (including phenoxy) is 1. The van der Waals surface area contributed by atoms with Gasteiger partial charge in [-0.1, -0.05) is 66.7 Å². The second kappa shape index (κ2) is 13.7. The molecule has 0 spiro atoms. The van der Waals surface area contributed by atoms with Crippen LogP contribution in [0.4, 0.5) is 0 Å². The lowest BCUT2D eigenvalue weighted by molar-refractivity contribution is -0.142. The van der Waals surface area contributed by atoms with Crippen molar-refractivity contribution in [2.45, 2.75) is 45.8 Å². The van der Waals surface area contributed by atoms with Crippen molar-refractivity contribution < 1.29 is 19.1 Å². The molecule has 5 rings (SSSR count). The van der Waals surface area contributed by atoms with Crippen LogP contribution < -0.4 is 5.32 Å². The highest BCUT2D eigenvalue weighted by Crippen LogP contribution is 2.33. The summed E-state index contributed by atoms with van der Waals surface area (Å²) in [6, 6.07) is 27.2. The van der Waals surface area contributed by atoms with Crippen LogP contribution in [0.1, 0.15) is 52.4 Å². The van der Waals surface area contributed by atoms with Crippen LogP contribution in [-0.2, 0) is 40.4 Å². The van der Waals surface area contributed by atoms with Gasteiger partial charge in [0.25, 0.3) is 5.91 Å². The first-order valence-corrected chi connectivity index (χ1v) is 14.4. The first-order valence-electron chi connectivity index (χ1n) is 14.4. The van der Waals surface area contributed by atoms with E-state index in [4.69, 9.17) is 4.74 Å². The number of aromatic nitrogens is 1. The predicted molar refractivity (Wildman–Crippen MR) is 161 cm³/mol. The molecular weight excluding hydrogens is 526 g/mol. The number of hydrogen-bond acceptors (Lipinski definition) is 5. The van der Waals surface area contributed by atoms with Crippen molar-refractivity contribution in [3.63, 3.8) is 0 Å². The maximum atomic E-state index is 13.5. The highest BCUT2D eigenvalue weighted by molar-refractivity contribution is 5.95. The van der Waals surface area contributed by atoms with Gasteiger partial charge in [0.05, 0.1) is 13.0 Å². The number of carbonyl (C=O) groups excluding carboxylic acids is 3. The number of nitrogens with one attached hydrogen (secondary N) is 1. The van der Waals surface area contributed by atoms with E-state index in [-0.39, 0.29) is 30.1 Å². The summed E-state index contributed by atoms with van der Waals surface area (Å²) in [6.07, 6.45) is 5.32. The van der Waals surface area contributed by atoms with Crippen LogP contribution in [-0.4, -0.2) is 34.3 Å². The van der Waals surface area contributed by atoms with Crippen molar-refractivity contribution in [3.05, 3.63) is 125 Å². The first-order chi connectivity index (χ1) is 20.5. The van der Waals surface area contributed by atoms with Crippen LogP contribution in [0.25, 0.3) is 11.1 Å². The van der Waals surface area contributed by atoms with E-state index in [1.54, 1.807) is 25.4 Å². The van der Waals surface area contributed by atoms with E-state index in [0.29, 0.717) is 31.8 Å². The molecule has 2 amide bonds. The van der Waals surface area contributed by atoms with Gasteiger partial charge in [0.15, 0.2) is 0 Å². The maximum Gasteiger partial charge on any atom is 0.310 e. The number of carbonyl (C=O) groups is 3. The summed E-state index contributed by atoms with van der Waals surface area (Å²) in [5, 5.41) is 3.01. The lowest BCUT2D eigenvalue weighted by Crippen LogP contribution is -2.31. The maximum absolute atomic E-state index is 13.5. The van der Waals surface area contributed by atoms with Gasteiger partial charge >= 0.3 is 5.97 Å². The smallest absolute Gasteiger partial charge is 0.310 e.